The number of aryl methyl sites for hydroxylation is 1. The Morgan fingerprint density at radius 3 is 2.56 bits per heavy atom. The highest BCUT2D eigenvalue weighted by atomic mass is 19.2. The van der Waals surface area contributed by atoms with Gasteiger partial charge in [-0.3, -0.25) is 0 Å². The van der Waals surface area contributed by atoms with E-state index >= 15 is 0 Å². The first-order chi connectivity index (χ1) is 12.8. The fourth-order valence-corrected chi connectivity index (χ4v) is 3.65. The van der Waals surface area contributed by atoms with E-state index in [1.54, 1.807) is 32.2 Å². The monoisotopic (exact) mass is 371 g/mol. The smallest absolute Gasteiger partial charge is 0.183 e. The van der Waals surface area contributed by atoms with Gasteiger partial charge < -0.3 is 20.6 Å². The highest BCUT2D eigenvalue weighted by Crippen LogP contribution is 2.40. The van der Waals surface area contributed by atoms with Crippen molar-refractivity contribution in [2.45, 2.75) is 32.4 Å². The number of nitrogens with zero attached hydrogens (tertiary/aromatic N) is 1. The van der Waals surface area contributed by atoms with Crippen molar-refractivity contribution in [2.75, 3.05) is 5.32 Å². The molecule has 7 heteroatoms. The standard InChI is InChI=1S/C20H19F2N3O2/c1-9-8-23-16-10(9)5-4-6-11(16)12-7-13-17(15(22)14(12)21)24-20(2,3)19(26)18(13)25-27/h4-8,19,23-24,26-27H,1-3H3/b25-18-. The van der Waals surface area contributed by atoms with Crippen LogP contribution in [0.5, 0.6) is 0 Å². The molecule has 0 radical (unpaired) electrons. The summed E-state index contributed by atoms with van der Waals surface area (Å²) in [5.74, 6) is -2.09. The molecule has 0 amide bonds. The normalized spacial score (nSPS) is 19.9. The number of aliphatic hydroxyl groups is 1. The molecule has 2 aromatic carbocycles. The Hall–Kier alpha value is -2.93. The largest absolute Gasteiger partial charge is 0.411 e. The number of oxime groups is 1. The van der Waals surface area contributed by atoms with Crippen LogP contribution in [0.25, 0.3) is 22.0 Å². The van der Waals surface area contributed by atoms with Crippen molar-refractivity contribution in [3.8, 4) is 11.1 Å². The zero-order valence-corrected chi connectivity index (χ0v) is 15.1. The van der Waals surface area contributed by atoms with Crippen molar-refractivity contribution in [3.05, 3.63) is 53.2 Å². The Bertz CT molecular complexity index is 1100. The first-order valence-corrected chi connectivity index (χ1v) is 8.54. The second kappa shape index (κ2) is 5.79. The molecule has 0 saturated heterocycles. The molecule has 0 bridgehead atoms. The summed E-state index contributed by atoms with van der Waals surface area (Å²) >= 11 is 0. The molecule has 1 aliphatic rings. The minimum absolute atomic E-state index is 0.0218. The van der Waals surface area contributed by atoms with Crippen LogP contribution in [0.1, 0.15) is 25.0 Å². The first-order valence-electron chi connectivity index (χ1n) is 8.54. The molecule has 4 N–H and O–H groups in total. The number of hydrogen-bond donors (Lipinski definition) is 4. The van der Waals surface area contributed by atoms with Gasteiger partial charge in [0.25, 0.3) is 0 Å². The molecule has 1 atom stereocenters. The summed E-state index contributed by atoms with van der Waals surface area (Å²) in [6.45, 7) is 5.14. The predicted octanol–water partition coefficient (Wildman–Crippen LogP) is 4.16. The molecule has 27 heavy (non-hydrogen) atoms. The molecule has 0 aliphatic carbocycles. The molecule has 140 valence electrons. The maximum absolute atomic E-state index is 15.0. The summed E-state index contributed by atoms with van der Waals surface area (Å²) in [7, 11) is 0. The van der Waals surface area contributed by atoms with E-state index in [-0.39, 0.29) is 22.5 Å². The fourth-order valence-electron chi connectivity index (χ4n) is 3.65. The van der Waals surface area contributed by atoms with E-state index in [4.69, 9.17) is 0 Å². The van der Waals surface area contributed by atoms with Crippen LogP contribution in [-0.4, -0.2) is 32.7 Å². The lowest BCUT2D eigenvalue weighted by molar-refractivity contribution is 0.169. The van der Waals surface area contributed by atoms with E-state index in [1.165, 1.54) is 6.07 Å². The Morgan fingerprint density at radius 2 is 1.85 bits per heavy atom. The molecule has 2 heterocycles. The van der Waals surface area contributed by atoms with Gasteiger partial charge in [-0.1, -0.05) is 23.4 Å². The van der Waals surface area contributed by atoms with E-state index in [2.05, 4.69) is 15.5 Å². The maximum atomic E-state index is 15.0. The third kappa shape index (κ3) is 2.42. The van der Waals surface area contributed by atoms with Crippen molar-refractivity contribution in [2.24, 2.45) is 5.16 Å². The topological polar surface area (TPSA) is 80.6 Å². The zero-order valence-electron chi connectivity index (χ0n) is 15.1. The highest BCUT2D eigenvalue weighted by molar-refractivity contribution is 6.11. The third-order valence-corrected chi connectivity index (χ3v) is 5.19. The van der Waals surface area contributed by atoms with Crippen LogP contribution in [0.3, 0.4) is 0 Å². The van der Waals surface area contributed by atoms with Crippen molar-refractivity contribution in [1.82, 2.24) is 4.98 Å². The number of benzene rings is 2. The van der Waals surface area contributed by atoms with Crippen LogP contribution in [0.4, 0.5) is 14.5 Å². The SMILES string of the molecule is Cc1c[nH]c2c(-c3cc4c(c(F)c3F)NC(C)(C)C(O)/C4=N\O)cccc12. The summed E-state index contributed by atoms with van der Waals surface area (Å²) in [6.07, 6.45) is 0.603. The molecule has 0 saturated carbocycles. The molecular formula is C20H19F2N3O2. The molecule has 3 aromatic rings. The summed E-state index contributed by atoms with van der Waals surface area (Å²) in [4.78, 5) is 3.09. The van der Waals surface area contributed by atoms with E-state index in [0.29, 0.717) is 11.1 Å². The Labute approximate surface area is 154 Å². The lowest BCUT2D eigenvalue weighted by Gasteiger charge is -2.38. The first kappa shape index (κ1) is 17.5. The lowest BCUT2D eigenvalue weighted by atomic mass is 9.83. The molecule has 0 spiro atoms. The minimum atomic E-state index is -1.20. The van der Waals surface area contributed by atoms with Gasteiger partial charge >= 0.3 is 0 Å². The number of aliphatic hydroxyl groups excluding tert-OH is 1. The second-order valence-electron chi connectivity index (χ2n) is 7.41. The molecule has 4 rings (SSSR count). The maximum Gasteiger partial charge on any atom is 0.183 e. The molecular weight excluding hydrogens is 352 g/mol. The Morgan fingerprint density at radius 1 is 1.11 bits per heavy atom. The molecule has 0 fully saturated rings. The number of anilines is 1. The van der Waals surface area contributed by atoms with Crippen LogP contribution in [0.2, 0.25) is 0 Å². The van der Waals surface area contributed by atoms with Gasteiger partial charge in [-0.2, -0.15) is 0 Å². The van der Waals surface area contributed by atoms with Crippen molar-refractivity contribution in [1.29, 1.82) is 0 Å². The number of halogens is 2. The van der Waals surface area contributed by atoms with E-state index in [9.17, 15) is 19.1 Å². The number of aromatic nitrogens is 1. The van der Waals surface area contributed by atoms with Gasteiger partial charge in [0.2, 0.25) is 0 Å². The summed E-state index contributed by atoms with van der Waals surface area (Å²) in [5.41, 5.74) is 1.03. The lowest BCUT2D eigenvalue weighted by Crippen LogP contribution is -2.52. The van der Waals surface area contributed by atoms with Crippen molar-refractivity contribution >= 4 is 22.3 Å². The molecule has 1 unspecified atom stereocenters. The van der Waals surface area contributed by atoms with Crippen LogP contribution in [-0.2, 0) is 0 Å². The van der Waals surface area contributed by atoms with E-state index in [0.717, 1.165) is 10.9 Å². The van der Waals surface area contributed by atoms with E-state index < -0.39 is 23.3 Å². The minimum Gasteiger partial charge on any atom is -0.411 e. The molecule has 1 aliphatic heterocycles. The summed E-state index contributed by atoms with van der Waals surface area (Å²) in [5, 5.41) is 26.8. The van der Waals surface area contributed by atoms with Crippen LogP contribution in [0.15, 0.2) is 35.6 Å². The predicted molar refractivity (Wildman–Crippen MR) is 100 cm³/mol. The molecule has 1 aromatic heterocycles. The van der Waals surface area contributed by atoms with Crippen molar-refractivity contribution in [3.63, 3.8) is 0 Å². The van der Waals surface area contributed by atoms with Gasteiger partial charge in [0.15, 0.2) is 11.6 Å². The van der Waals surface area contributed by atoms with Gasteiger partial charge in [0, 0.05) is 28.3 Å². The summed E-state index contributed by atoms with van der Waals surface area (Å²) in [6, 6.07) is 6.76. The number of fused-ring (bicyclic) bond motifs is 2. The number of nitrogens with one attached hydrogen (secondary N) is 2. The second-order valence-corrected chi connectivity index (χ2v) is 7.41. The number of aromatic amines is 1. The number of H-pyrrole nitrogens is 1. The number of rotatable bonds is 1. The quantitative estimate of drug-likeness (QED) is 0.383. The third-order valence-electron chi connectivity index (χ3n) is 5.19. The van der Waals surface area contributed by atoms with Crippen LogP contribution >= 0.6 is 0 Å². The average molecular weight is 371 g/mol. The van der Waals surface area contributed by atoms with Gasteiger partial charge in [-0.05, 0) is 32.4 Å². The van der Waals surface area contributed by atoms with Gasteiger partial charge in [-0.15, -0.1) is 0 Å². The van der Waals surface area contributed by atoms with Gasteiger partial charge in [-0.25, -0.2) is 8.78 Å². The van der Waals surface area contributed by atoms with Crippen molar-refractivity contribution < 1.29 is 19.1 Å². The zero-order chi connectivity index (χ0) is 19.5. The Balaban J connectivity index is 2.03. The van der Waals surface area contributed by atoms with Gasteiger partial charge in [0.05, 0.1) is 16.7 Å². The van der Waals surface area contributed by atoms with Gasteiger partial charge in [0.1, 0.15) is 11.8 Å². The van der Waals surface area contributed by atoms with E-state index in [1.807, 2.05) is 13.0 Å². The number of hydrogen-bond acceptors (Lipinski definition) is 4. The highest BCUT2D eigenvalue weighted by Gasteiger charge is 2.41. The van der Waals surface area contributed by atoms with Crippen LogP contribution < -0.4 is 5.32 Å². The summed E-state index contributed by atoms with van der Waals surface area (Å²) < 4.78 is 29.9. The fraction of sp³-hybridized carbons (Fsp3) is 0.250. The molecule has 5 nitrogen and oxygen atoms in total. The average Bonchev–Trinajstić information content (AvgIpc) is 3.02. The van der Waals surface area contributed by atoms with Crippen LogP contribution in [0, 0.1) is 18.6 Å². The number of para-hydroxylation sites is 1. The Kier molecular flexibility index (Phi) is 3.75.